The number of carbonyl (C=O) groups is 1. The summed E-state index contributed by atoms with van der Waals surface area (Å²) in [6, 6.07) is 7.82. The molecule has 122 valence electrons. The maximum atomic E-state index is 12.2. The van der Waals surface area contributed by atoms with E-state index in [1.807, 2.05) is 12.1 Å². The summed E-state index contributed by atoms with van der Waals surface area (Å²) in [6.07, 6.45) is 2.76. The fourth-order valence-electron chi connectivity index (χ4n) is 2.35. The highest BCUT2D eigenvalue weighted by Gasteiger charge is 2.22. The minimum atomic E-state index is -2.48. The molecule has 1 aliphatic rings. The average molecular weight is 320 g/mol. The molecule has 2 N–H and O–H groups in total. The molecule has 23 heavy (non-hydrogen) atoms. The Hall–Kier alpha value is -2.44. The van der Waals surface area contributed by atoms with E-state index >= 15 is 0 Å². The lowest BCUT2D eigenvalue weighted by Gasteiger charge is -2.07. The third-order valence-electron chi connectivity index (χ3n) is 3.70. The lowest BCUT2D eigenvalue weighted by atomic mass is 10.1. The van der Waals surface area contributed by atoms with Crippen LogP contribution in [0.2, 0.25) is 0 Å². The Morgan fingerprint density at radius 2 is 2.04 bits per heavy atom. The summed E-state index contributed by atoms with van der Waals surface area (Å²) in [5, 5.41) is 9.05. The molecule has 0 atom stereocenters. The Balaban J connectivity index is 1.46. The molecule has 2 aromatic rings. The first kappa shape index (κ1) is 15.5. The van der Waals surface area contributed by atoms with Gasteiger partial charge in [0.25, 0.3) is 6.43 Å². The Morgan fingerprint density at radius 1 is 1.30 bits per heavy atom. The molecule has 0 unspecified atom stereocenters. The summed E-state index contributed by atoms with van der Waals surface area (Å²) < 4.78 is 25.5. The molecular weight excluding hydrogens is 302 g/mol. The summed E-state index contributed by atoms with van der Waals surface area (Å²) in [7, 11) is 0. The monoisotopic (exact) mass is 320 g/mol. The molecule has 1 saturated carbocycles. The van der Waals surface area contributed by atoms with Crippen LogP contribution in [-0.2, 0) is 13.1 Å². The fourth-order valence-corrected chi connectivity index (χ4v) is 2.35. The van der Waals surface area contributed by atoms with E-state index in [9.17, 15) is 13.6 Å². The zero-order chi connectivity index (χ0) is 16.2. The van der Waals surface area contributed by atoms with Crippen molar-refractivity contribution in [1.29, 1.82) is 0 Å². The zero-order valence-electron chi connectivity index (χ0n) is 12.5. The van der Waals surface area contributed by atoms with Gasteiger partial charge in [-0.1, -0.05) is 24.3 Å². The van der Waals surface area contributed by atoms with E-state index in [-0.39, 0.29) is 0 Å². The van der Waals surface area contributed by atoms with Crippen molar-refractivity contribution in [1.82, 2.24) is 15.1 Å². The first-order chi connectivity index (χ1) is 11.1. The highest BCUT2D eigenvalue weighted by molar-refractivity contribution is 5.88. The standard InChI is InChI=1S/C16H18F2N4O/c17-15(18)10-22-9-14(8-20-22)21-16(23)19-7-11-1-3-12(4-2-11)13-5-6-13/h1-4,8-9,13,15H,5-7,10H2,(H2,19,21,23). The molecule has 0 bridgehead atoms. The van der Waals surface area contributed by atoms with Gasteiger partial charge in [-0.3, -0.25) is 4.68 Å². The van der Waals surface area contributed by atoms with E-state index in [4.69, 9.17) is 0 Å². The number of urea groups is 1. The molecule has 0 spiro atoms. The van der Waals surface area contributed by atoms with E-state index in [1.165, 1.54) is 30.8 Å². The van der Waals surface area contributed by atoms with Crippen LogP contribution < -0.4 is 10.6 Å². The van der Waals surface area contributed by atoms with E-state index in [0.717, 1.165) is 10.2 Å². The maximum absolute atomic E-state index is 12.2. The number of anilines is 1. The SMILES string of the molecule is O=C(NCc1ccc(C2CC2)cc1)Nc1cnn(CC(F)F)c1. The maximum Gasteiger partial charge on any atom is 0.319 e. The predicted octanol–water partition coefficient (Wildman–Crippen LogP) is 3.35. The van der Waals surface area contributed by atoms with Gasteiger partial charge in [0.15, 0.2) is 0 Å². The van der Waals surface area contributed by atoms with Crippen LogP contribution in [0.1, 0.15) is 29.9 Å². The van der Waals surface area contributed by atoms with Crippen LogP contribution in [0, 0.1) is 0 Å². The molecule has 3 rings (SSSR count). The van der Waals surface area contributed by atoms with Crippen LogP contribution in [0.25, 0.3) is 0 Å². The van der Waals surface area contributed by atoms with Crippen LogP contribution in [0.15, 0.2) is 36.7 Å². The molecule has 1 aromatic heterocycles. The summed E-state index contributed by atoms with van der Waals surface area (Å²) >= 11 is 0. The van der Waals surface area contributed by atoms with Crippen LogP contribution in [-0.4, -0.2) is 22.2 Å². The van der Waals surface area contributed by atoms with Gasteiger partial charge >= 0.3 is 6.03 Å². The van der Waals surface area contributed by atoms with E-state index in [1.54, 1.807) is 0 Å². The minimum absolute atomic E-state index is 0.382. The molecular formula is C16H18F2N4O. The number of nitrogens with one attached hydrogen (secondary N) is 2. The van der Waals surface area contributed by atoms with E-state index in [0.29, 0.717) is 18.2 Å². The van der Waals surface area contributed by atoms with Crippen molar-refractivity contribution in [3.05, 3.63) is 47.8 Å². The lowest BCUT2D eigenvalue weighted by molar-refractivity contribution is 0.122. The molecule has 1 fully saturated rings. The third kappa shape index (κ3) is 4.51. The van der Waals surface area contributed by atoms with Gasteiger partial charge in [-0.15, -0.1) is 0 Å². The first-order valence-corrected chi connectivity index (χ1v) is 7.54. The number of aromatic nitrogens is 2. The largest absolute Gasteiger partial charge is 0.334 e. The van der Waals surface area contributed by atoms with Gasteiger partial charge in [0.05, 0.1) is 11.9 Å². The number of amides is 2. The van der Waals surface area contributed by atoms with Gasteiger partial charge in [0, 0.05) is 12.7 Å². The number of hydrogen-bond acceptors (Lipinski definition) is 2. The first-order valence-electron chi connectivity index (χ1n) is 7.54. The van der Waals surface area contributed by atoms with Gasteiger partial charge < -0.3 is 10.6 Å². The smallest absolute Gasteiger partial charge is 0.319 e. The molecule has 0 radical (unpaired) electrons. The highest BCUT2D eigenvalue weighted by atomic mass is 19.3. The Morgan fingerprint density at radius 3 is 2.70 bits per heavy atom. The molecule has 1 aliphatic carbocycles. The van der Waals surface area contributed by atoms with Gasteiger partial charge in [0.1, 0.15) is 6.54 Å². The number of rotatable bonds is 6. The highest BCUT2D eigenvalue weighted by Crippen LogP contribution is 2.39. The van der Waals surface area contributed by atoms with Gasteiger partial charge in [0.2, 0.25) is 0 Å². The molecule has 1 aromatic carbocycles. The van der Waals surface area contributed by atoms with Crippen molar-refractivity contribution in [3.63, 3.8) is 0 Å². The van der Waals surface area contributed by atoms with Crippen molar-refractivity contribution in [2.24, 2.45) is 0 Å². The Labute approximate surface area is 132 Å². The van der Waals surface area contributed by atoms with Gasteiger partial charge in [-0.05, 0) is 29.9 Å². The minimum Gasteiger partial charge on any atom is -0.334 e. The quantitative estimate of drug-likeness (QED) is 0.857. The van der Waals surface area contributed by atoms with Crippen molar-refractivity contribution < 1.29 is 13.6 Å². The van der Waals surface area contributed by atoms with E-state index < -0.39 is 19.0 Å². The molecule has 2 amide bonds. The van der Waals surface area contributed by atoms with Crippen LogP contribution in [0.3, 0.4) is 0 Å². The lowest BCUT2D eigenvalue weighted by Crippen LogP contribution is -2.28. The van der Waals surface area contributed by atoms with Gasteiger partial charge in [-0.25, -0.2) is 13.6 Å². The van der Waals surface area contributed by atoms with Crippen molar-refractivity contribution in [3.8, 4) is 0 Å². The third-order valence-corrected chi connectivity index (χ3v) is 3.70. The van der Waals surface area contributed by atoms with Crippen molar-refractivity contribution >= 4 is 11.7 Å². The van der Waals surface area contributed by atoms with E-state index in [2.05, 4.69) is 27.9 Å². The van der Waals surface area contributed by atoms with Crippen LogP contribution >= 0.6 is 0 Å². The molecule has 0 aliphatic heterocycles. The zero-order valence-corrected chi connectivity index (χ0v) is 12.5. The second-order valence-electron chi connectivity index (χ2n) is 5.67. The summed E-state index contributed by atoms with van der Waals surface area (Å²) in [6.45, 7) is -0.0847. The average Bonchev–Trinajstić information content (AvgIpc) is 3.28. The molecule has 0 saturated heterocycles. The summed E-state index contributed by atoms with van der Waals surface area (Å²) in [4.78, 5) is 11.8. The van der Waals surface area contributed by atoms with Crippen LogP contribution in [0.5, 0.6) is 0 Å². The number of alkyl halides is 2. The number of halogens is 2. The molecule has 7 heteroatoms. The second-order valence-corrected chi connectivity index (χ2v) is 5.67. The van der Waals surface area contributed by atoms with Crippen LogP contribution in [0.4, 0.5) is 19.3 Å². The second kappa shape index (κ2) is 6.76. The number of carbonyl (C=O) groups excluding carboxylic acids is 1. The Kier molecular flexibility index (Phi) is 4.55. The fraction of sp³-hybridized carbons (Fsp3) is 0.375. The van der Waals surface area contributed by atoms with Crippen molar-refractivity contribution in [2.75, 3.05) is 5.32 Å². The number of benzene rings is 1. The number of nitrogens with zero attached hydrogens (tertiary/aromatic N) is 2. The van der Waals surface area contributed by atoms with Gasteiger partial charge in [-0.2, -0.15) is 5.10 Å². The number of hydrogen-bond donors (Lipinski definition) is 2. The summed E-state index contributed by atoms with van der Waals surface area (Å²) in [5.74, 6) is 0.713. The molecule has 1 heterocycles. The van der Waals surface area contributed by atoms with Crippen molar-refractivity contribution in [2.45, 2.75) is 38.3 Å². The molecule has 5 nitrogen and oxygen atoms in total. The Bertz CT molecular complexity index is 665. The normalized spacial score (nSPS) is 14.0. The summed E-state index contributed by atoms with van der Waals surface area (Å²) in [5.41, 5.74) is 2.75. The topological polar surface area (TPSA) is 59.0 Å². The predicted molar refractivity (Wildman–Crippen MR) is 82.5 cm³/mol.